The minimum atomic E-state index is -2.63. The van der Waals surface area contributed by atoms with Gasteiger partial charge in [-0.2, -0.15) is 0 Å². The molecule has 2 aliphatic carbocycles. The number of hydrogen-bond donors (Lipinski definition) is 2. The molecule has 2 N–H and O–H groups in total. The lowest BCUT2D eigenvalue weighted by molar-refractivity contribution is -0.133. The summed E-state index contributed by atoms with van der Waals surface area (Å²) in [6.07, 6.45) is 1.07. The van der Waals surface area contributed by atoms with E-state index in [1.54, 1.807) is 12.1 Å². The number of fused-ring (bicyclic) bond motifs is 1. The molecule has 0 atom stereocenters. The van der Waals surface area contributed by atoms with Crippen LogP contribution in [0.3, 0.4) is 0 Å². The van der Waals surface area contributed by atoms with Crippen molar-refractivity contribution in [2.24, 2.45) is 11.8 Å². The number of rotatable bonds is 6. The molecule has 1 heterocycles. The molecule has 174 valence electrons. The number of aromatic nitrogens is 1. The lowest BCUT2D eigenvalue weighted by atomic mass is 9.70. The predicted octanol–water partition coefficient (Wildman–Crippen LogP) is 6.30. The van der Waals surface area contributed by atoms with Gasteiger partial charge in [0, 0.05) is 37.3 Å². The summed E-state index contributed by atoms with van der Waals surface area (Å²) in [7, 11) is 0. The summed E-state index contributed by atoms with van der Waals surface area (Å²) >= 11 is 0. The minimum Gasteiger partial charge on any atom is -0.356 e. The number of carbonyl (C=O) groups excluding carboxylic acids is 1. The molecule has 0 radical (unpaired) electrons. The van der Waals surface area contributed by atoms with Crippen LogP contribution in [0.1, 0.15) is 43.6 Å². The van der Waals surface area contributed by atoms with Crippen molar-refractivity contribution in [3.63, 3.8) is 0 Å². The van der Waals surface area contributed by atoms with Gasteiger partial charge >= 0.3 is 0 Å². The van der Waals surface area contributed by atoms with Crippen LogP contribution in [0.15, 0.2) is 36.4 Å². The van der Waals surface area contributed by atoms with Crippen LogP contribution < -0.4 is 5.32 Å². The minimum absolute atomic E-state index is 0.0206. The summed E-state index contributed by atoms with van der Waals surface area (Å²) < 4.78 is 67.7. The maximum Gasteiger partial charge on any atom is 0.248 e. The van der Waals surface area contributed by atoms with E-state index in [1.165, 1.54) is 18.2 Å². The highest BCUT2D eigenvalue weighted by Gasteiger charge is 2.45. The Kier molecular flexibility index (Phi) is 5.41. The average molecular weight is 462 g/mol. The third-order valence-corrected chi connectivity index (χ3v) is 6.88. The maximum absolute atomic E-state index is 14.5. The lowest BCUT2D eigenvalue weighted by Crippen LogP contribution is -2.40. The Morgan fingerprint density at radius 1 is 1.00 bits per heavy atom. The summed E-state index contributed by atoms with van der Waals surface area (Å²) in [5.74, 6) is -4.66. The van der Waals surface area contributed by atoms with Gasteiger partial charge in [0.15, 0.2) is 0 Å². The molecule has 2 fully saturated rings. The van der Waals surface area contributed by atoms with Gasteiger partial charge in [-0.05, 0) is 72.1 Å². The second kappa shape index (κ2) is 8.15. The summed E-state index contributed by atoms with van der Waals surface area (Å²) in [6, 6.07) is 7.96. The van der Waals surface area contributed by atoms with Gasteiger partial charge in [-0.3, -0.25) is 4.79 Å². The Morgan fingerprint density at radius 3 is 2.36 bits per heavy atom. The number of aromatic amines is 1. The number of nitrogens with one attached hydrogen (secondary N) is 2. The molecule has 8 heteroatoms. The quantitative estimate of drug-likeness (QED) is 0.415. The maximum atomic E-state index is 14.5. The van der Waals surface area contributed by atoms with E-state index in [4.69, 9.17) is 0 Å². The topological polar surface area (TPSA) is 44.9 Å². The van der Waals surface area contributed by atoms with E-state index in [-0.39, 0.29) is 48.4 Å². The zero-order valence-corrected chi connectivity index (χ0v) is 17.7. The van der Waals surface area contributed by atoms with Crippen molar-refractivity contribution in [1.29, 1.82) is 0 Å². The van der Waals surface area contributed by atoms with E-state index in [1.807, 2.05) is 0 Å². The Hall–Kier alpha value is -2.90. The Labute approximate surface area is 187 Å². The van der Waals surface area contributed by atoms with Crippen LogP contribution in [0.4, 0.5) is 22.0 Å². The number of carbonyl (C=O) groups is 1. The first-order valence-electron chi connectivity index (χ1n) is 11.1. The zero-order valence-electron chi connectivity index (χ0n) is 17.7. The van der Waals surface area contributed by atoms with Crippen molar-refractivity contribution in [3.8, 4) is 11.3 Å². The molecule has 2 aromatic carbocycles. The molecule has 33 heavy (non-hydrogen) atoms. The van der Waals surface area contributed by atoms with Gasteiger partial charge in [-0.25, -0.2) is 22.0 Å². The number of amides is 1. The molecule has 1 amide bonds. The van der Waals surface area contributed by atoms with E-state index >= 15 is 0 Å². The highest BCUT2D eigenvalue weighted by Crippen LogP contribution is 2.48. The average Bonchev–Trinajstić information content (AvgIpc) is 3.05. The second-order valence-electron chi connectivity index (χ2n) is 9.40. The molecular weight excluding hydrogens is 439 g/mol. The highest BCUT2D eigenvalue weighted by molar-refractivity contribution is 5.92. The fourth-order valence-electron chi connectivity index (χ4n) is 5.17. The van der Waals surface area contributed by atoms with Crippen molar-refractivity contribution < 1.29 is 26.7 Å². The number of H-pyrrole nitrogens is 1. The molecule has 0 saturated heterocycles. The molecule has 1 aromatic heterocycles. The fourth-order valence-corrected chi connectivity index (χ4v) is 5.17. The number of alkyl halides is 2. The van der Waals surface area contributed by atoms with E-state index in [0.717, 1.165) is 11.6 Å². The van der Waals surface area contributed by atoms with Gasteiger partial charge in [0.05, 0.1) is 11.2 Å². The Balaban J connectivity index is 1.29. The van der Waals surface area contributed by atoms with Gasteiger partial charge in [0.25, 0.3) is 0 Å². The molecule has 0 aliphatic heterocycles. The Morgan fingerprint density at radius 2 is 1.70 bits per heavy atom. The van der Waals surface area contributed by atoms with Gasteiger partial charge in [0.1, 0.15) is 17.5 Å². The molecular formula is C25H23F5N2O. The van der Waals surface area contributed by atoms with Crippen molar-refractivity contribution in [2.75, 3.05) is 6.54 Å². The van der Waals surface area contributed by atoms with E-state index < -0.39 is 23.4 Å². The molecule has 3 aromatic rings. The smallest absolute Gasteiger partial charge is 0.248 e. The normalized spacial score (nSPS) is 22.1. The van der Waals surface area contributed by atoms with Crippen LogP contribution in [0, 0.1) is 29.3 Å². The SMILES string of the molecule is O=C(CC1CC(F)(F)C1)NC[C@H]1C[C@@H](c2c(-c3ccc(F)cc3)[nH]c3c(F)cc(F)cc32)C1. The van der Waals surface area contributed by atoms with Gasteiger partial charge in [0.2, 0.25) is 11.8 Å². The van der Waals surface area contributed by atoms with Crippen molar-refractivity contribution in [2.45, 2.75) is 43.9 Å². The Bertz CT molecular complexity index is 1190. The fraction of sp³-hybridized carbons (Fsp3) is 0.400. The first-order chi connectivity index (χ1) is 15.7. The molecule has 0 unspecified atom stereocenters. The van der Waals surface area contributed by atoms with Gasteiger partial charge < -0.3 is 10.3 Å². The molecule has 5 rings (SSSR count). The molecule has 0 bridgehead atoms. The second-order valence-corrected chi connectivity index (χ2v) is 9.40. The van der Waals surface area contributed by atoms with E-state index in [0.29, 0.717) is 36.0 Å². The van der Waals surface area contributed by atoms with Crippen LogP contribution in [0.2, 0.25) is 0 Å². The standard InChI is InChI=1S/C25H23F5N2O/c26-17-3-1-15(2-4-17)23-22(19-8-18(27)9-20(28)24(19)32-23)16-5-13(6-16)12-31-21(33)7-14-10-25(29,30)11-14/h1-4,8-9,13-14,16,32H,5-7,10-12H2,(H,31,33)/t13-,16+. The van der Waals surface area contributed by atoms with Crippen LogP contribution in [0.5, 0.6) is 0 Å². The van der Waals surface area contributed by atoms with Crippen molar-refractivity contribution in [1.82, 2.24) is 10.3 Å². The van der Waals surface area contributed by atoms with Crippen LogP contribution in [-0.2, 0) is 4.79 Å². The monoisotopic (exact) mass is 462 g/mol. The van der Waals surface area contributed by atoms with Gasteiger partial charge in [-0.15, -0.1) is 0 Å². The largest absolute Gasteiger partial charge is 0.356 e. The van der Waals surface area contributed by atoms with Crippen LogP contribution in [0.25, 0.3) is 22.2 Å². The van der Waals surface area contributed by atoms with Crippen molar-refractivity contribution >= 4 is 16.8 Å². The van der Waals surface area contributed by atoms with Gasteiger partial charge in [-0.1, -0.05) is 0 Å². The zero-order chi connectivity index (χ0) is 23.3. The lowest BCUT2D eigenvalue weighted by Gasteiger charge is -2.37. The van der Waals surface area contributed by atoms with Crippen LogP contribution >= 0.6 is 0 Å². The van der Waals surface area contributed by atoms with E-state index in [2.05, 4.69) is 10.3 Å². The number of hydrogen-bond acceptors (Lipinski definition) is 1. The highest BCUT2D eigenvalue weighted by atomic mass is 19.3. The predicted molar refractivity (Wildman–Crippen MR) is 114 cm³/mol. The summed E-state index contributed by atoms with van der Waals surface area (Å²) in [5, 5.41) is 3.29. The third-order valence-electron chi connectivity index (χ3n) is 6.88. The third kappa shape index (κ3) is 4.35. The van der Waals surface area contributed by atoms with Crippen LogP contribution in [-0.4, -0.2) is 23.4 Å². The first kappa shape index (κ1) is 21.9. The summed E-state index contributed by atoms with van der Waals surface area (Å²) in [6.45, 7) is 0.440. The summed E-state index contributed by atoms with van der Waals surface area (Å²) in [4.78, 5) is 15.1. The van der Waals surface area contributed by atoms with E-state index in [9.17, 15) is 26.7 Å². The molecule has 2 aliphatic rings. The molecule has 2 saturated carbocycles. The molecule has 3 nitrogen and oxygen atoms in total. The summed E-state index contributed by atoms with van der Waals surface area (Å²) in [5.41, 5.74) is 2.30. The number of halogens is 5. The van der Waals surface area contributed by atoms with Crippen molar-refractivity contribution in [3.05, 3.63) is 59.4 Å². The first-order valence-corrected chi connectivity index (χ1v) is 11.1. The number of benzene rings is 2. The molecule has 0 spiro atoms.